The molecule has 2 aliphatic heterocycles. The molecular formula is C40H48F4N8O5. The number of nitrogens with one attached hydrogen (secondary N) is 3. The molecule has 17 heteroatoms. The highest BCUT2D eigenvalue weighted by Crippen LogP contribution is 2.33. The molecule has 306 valence electrons. The molecule has 4 aromatic rings. The Morgan fingerprint density at radius 2 is 1.75 bits per heavy atom. The van der Waals surface area contributed by atoms with Gasteiger partial charge in [-0.15, -0.1) is 0 Å². The van der Waals surface area contributed by atoms with Crippen molar-refractivity contribution in [1.82, 2.24) is 34.8 Å². The molecule has 6 rings (SSSR count). The number of carbonyl (C=O) groups excluding carboxylic acids is 3. The van der Waals surface area contributed by atoms with Gasteiger partial charge in [-0.1, -0.05) is 6.92 Å². The predicted molar refractivity (Wildman–Crippen MR) is 204 cm³/mol. The Labute approximate surface area is 328 Å². The van der Waals surface area contributed by atoms with Crippen molar-refractivity contribution in [3.63, 3.8) is 0 Å². The highest BCUT2D eigenvalue weighted by atomic mass is 19.3. The number of ether oxygens (including phenoxy) is 2. The van der Waals surface area contributed by atoms with Crippen LogP contribution in [0.25, 0.3) is 16.9 Å². The van der Waals surface area contributed by atoms with Gasteiger partial charge >= 0.3 is 12.7 Å². The van der Waals surface area contributed by atoms with E-state index in [-0.39, 0.29) is 53.3 Å². The number of nitrogens with zero attached hydrogens (tertiary/aromatic N) is 5. The third kappa shape index (κ3) is 9.93. The molecule has 2 fully saturated rings. The van der Waals surface area contributed by atoms with Crippen molar-refractivity contribution in [3.8, 4) is 17.0 Å². The van der Waals surface area contributed by atoms with E-state index in [1.807, 2.05) is 40.7 Å². The molecule has 0 saturated carbocycles. The molecule has 2 aromatic heterocycles. The molecule has 2 aromatic carbocycles. The van der Waals surface area contributed by atoms with Crippen molar-refractivity contribution in [2.45, 2.75) is 72.1 Å². The smallest absolute Gasteiger partial charge is 0.410 e. The first-order chi connectivity index (χ1) is 27.1. The van der Waals surface area contributed by atoms with Crippen LogP contribution in [0, 0.1) is 23.5 Å². The lowest BCUT2D eigenvalue weighted by Gasteiger charge is -2.43. The molecule has 2 saturated heterocycles. The first-order valence-electron chi connectivity index (χ1n) is 19.0. The Morgan fingerprint density at radius 1 is 1.02 bits per heavy atom. The monoisotopic (exact) mass is 796 g/mol. The molecule has 0 radical (unpaired) electrons. The maximum atomic E-state index is 14.9. The van der Waals surface area contributed by atoms with Gasteiger partial charge in [-0.3, -0.25) is 14.0 Å². The first-order valence-corrected chi connectivity index (χ1v) is 19.0. The number of hydrogen-bond donors (Lipinski definition) is 3. The summed E-state index contributed by atoms with van der Waals surface area (Å²) in [5, 5.41) is 9.16. The van der Waals surface area contributed by atoms with Crippen LogP contribution in [0.15, 0.2) is 48.9 Å². The van der Waals surface area contributed by atoms with Crippen molar-refractivity contribution >= 4 is 35.1 Å². The average Bonchev–Trinajstić information content (AvgIpc) is 3.58. The van der Waals surface area contributed by atoms with E-state index >= 15 is 0 Å². The molecule has 2 aliphatic rings. The van der Waals surface area contributed by atoms with Crippen molar-refractivity contribution in [2.24, 2.45) is 11.8 Å². The number of piperidine rings is 1. The molecule has 3 N–H and O–H groups in total. The number of hydrogen-bond acceptors (Lipinski definition) is 9. The number of aryl methyl sites for hydroxylation is 1. The third-order valence-electron chi connectivity index (χ3n) is 10.0. The Balaban J connectivity index is 0.985. The minimum atomic E-state index is -3.31. The predicted octanol–water partition coefficient (Wildman–Crippen LogP) is 6.40. The van der Waals surface area contributed by atoms with Crippen LogP contribution < -0.4 is 20.7 Å². The van der Waals surface area contributed by atoms with Gasteiger partial charge in [-0.2, -0.15) is 13.2 Å². The van der Waals surface area contributed by atoms with E-state index < -0.39 is 29.6 Å². The number of likely N-dealkylation sites (tertiary alicyclic amines) is 2. The lowest BCUT2D eigenvalue weighted by molar-refractivity contribution is -0.126. The highest BCUT2D eigenvalue weighted by Gasteiger charge is 2.36. The Morgan fingerprint density at radius 3 is 2.44 bits per heavy atom. The van der Waals surface area contributed by atoms with Crippen LogP contribution in [0.1, 0.15) is 63.4 Å². The fraction of sp³-hybridized carbons (Fsp3) is 0.475. The second kappa shape index (κ2) is 17.4. The summed E-state index contributed by atoms with van der Waals surface area (Å²) < 4.78 is 65.6. The number of alkyl halides is 2. The molecule has 3 amide bonds. The lowest BCUT2D eigenvalue weighted by Crippen LogP contribution is -2.55. The first kappa shape index (κ1) is 41.2. The van der Waals surface area contributed by atoms with Gasteiger partial charge in [-0.05, 0) is 95.9 Å². The minimum Gasteiger partial charge on any atom is -0.444 e. The van der Waals surface area contributed by atoms with Gasteiger partial charge in [0.1, 0.15) is 5.60 Å². The van der Waals surface area contributed by atoms with E-state index in [9.17, 15) is 31.9 Å². The Hall–Kier alpha value is -5.45. The van der Waals surface area contributed by atoms with Crippen LogP contribution in [0.4, 0.5) is 33.9 Å². The SMILES string of the molecule is CCc1cc(Nc2nccn3c(-c4ccc(OC(F)F)c(F)c4F)cnc23)ccc1C(=O)N[C@@H](C)CNC(=O)C1CCN(CC2CN(C(=O)OC(C)(C)C)C2)CC1. The van der Waals surface area contributed by atoms with Gasteiger partial charge < -0.3 is 35.2 Å². The molecule has 0 aliphatic carbocycles. The zero-order valence-electron chi connectivity index (χ0n) is 32.6. The van der Waals surface area contributed by atoms with E-state index in [4.69, 9.17) is 4.74 Å². The number of halogens is 4. The number of anilines is 2. The average molecular weight is 797 g/mol. The van der Waals surface area contributed by atoms with Crippen LogP contribution in [0.3, 0.4) is 0 Å². The lowest BCUT2D eigenvalue weighted by atomic mass is 9.93. The second-order valence-electron chi connectivity index (χ2n) is 15.5. The highest BCUT2D eigenvalue weighted by molar-refractivity contribution is 5.96. The minimum absolute atomic E-state index is 0.0249. The fourth-order valence-electron chi connectivity index (χ4n) is 7.10. The summed E-state index contributed by atoms with van der Waals surface area (Å²) in [5.41, 5.74) is 1.53. The number of amides is 3. The topological polar surface area (TPSA) is 142 Å². The second-order valence-corrected chi connectivity index (χ2v) is 15.5. The van der Waals surface area contributed by atoms with Crippen LogP contribution >= 0.6 is 0 Å². The van der Waals surface area contributed by atoms with Crippen molar-refractivity contribution in [1.29, 1.82) is 0 Å². The zero-order valence-corrected chi connectivity index (χ0v) is 32.6. The van der Waals surface area contributed by atoms with Gasteiger partial charge in [0, 0.05) is 73.3 Å². The standard InChI is InChI=1S/C40H48F4N8O5/c1-6-25-17-27(49-34-35-46-19-30(52(35)16-13-45-34)29-9-10-31(56-38(43)44)33(42)32(29)41)7-8-28(25)37(54)48-23(2)18-47-36(53)26-11-14-50(15-12-26)20-24-21-51(22-24)39(55)57-40(3,4)5/h7-10,13,16-17,19,23-24,26,38H,6,11-12,14-15,18,20-22H2,1-5H3,(H,45,49)(H,47,53)(H,48,54)/t23-/m0/s1. The van der Waals surface area contributed by atoms with Gasteiger partial charge in [0.05, 0.1) is 11.9 Å². The molecule has 0 bridgehead atoms. The number of aromatic nitrogens is 3. The van der Waals surface area contributed by atoms with Crippen molar-refractivity contribution in [3.05, 3.63) is 71.7 Å². The summed E-state index contributed by atoms with van der Waals surface area (Å²) in [4.78, 5) is 51.4. The molecule has 1 atom stereocenters. The van der Waals surface area contributed by atoms with Crippen LogP contribution in [0.5, 0.6) is 5.75 Å². The number of benzene rings is 2. The summed E-state index contributed by atoms with van der Waals surface area (Å²) in [5.74, 6) is -3.54. The molecular weight excluding hydrogens is 748 g/mol. The van der Waals surface area contributed by atoms with Gasteiger partial charge in [0.15, 0.2) is 23.0 Å². The number of rotatable bonds is 13. The van der Waals surface area contributed by atoms with Crippen LogP contribution in [0.2, 0.25) is 0 Å². The largest absolute Gasteiger partial charge is 0.444 e. The number of carbonyl (C=O) groups is 3. The number of fused-ring (bicyclic) bond motifs is 1. The molecule has 57 heavy (non-hydrogen) atoms. The fourth-order valence-corrected chi connectivity index (χ4v) is 7.10. The summed E-state index contributed by atoms with van der Waals surface area (Å²) >= 11 is 0. The van der Waals surface area contributed by atoms with E-state index in [0.717, 1.165) is 50.2 Å². The van der Waals surface area contributed by atoms with Gasteiger partial charge in [-0.25, -0.2) is 19.2 Å². The van der Waals surface area contributed by atoms with Crippen LogP contribution in [-0.4, -0.2) is 99.6 Å². The van der Waals surface area contributed by atoms with Crippen LogP contribution in [-0.2, 0) is 16.0 Å². The summed E-state index contributed by atoms with van der Waals surface area (Å²) in [6, 6.07) is 6.92. The molecule has 13 nitrogen and oxygen atoms in total. The van der Waals surface area contributed by atoms with Gasteiger partial charge in [0.25, 0.3) is 5.91 Å². The third-order valence-corrected chi connectivity index (χ3v) is 10.0. The maximum Gasteiger partial charge on any atom is 0.410 e. The Kier molecular flexibility index (Phi) is 12.5. The normalized spacial score (nSPS) is 16.0. The summed E-state index contributed by atoms with van der Waals surface area (Å²) in [6.07, 6.45) is 6.00. The zero-order chi connectivity index (χ0) is 41.0. The van der Waals surface area contributed by atoms with E-state index in [2.05, 4.69) is 35.6 Å². The van der Waals surface area contributed by atoms with E-state index in [0.29, 0.717) is 42.5 Å². The molecule has 0 spiro atoms. The number of imidazole rings is 1. The van der Waals surface area contributed by atoms with E-state index in [1.54, 1.807) is 17.0 Å². The summed E-state index contributed by atoms with van der Waals surface area (Å²) in [6.45, 7) is 10.2. The Bertz CT molecular complexity index is 2090. The van der Waals surface area contributed by atoms with Crippen molar-refractivity contribution < 1.29 is 41.4 Å². The quantitative estimate of drug-likeness (QED) is 0.131. The van der Waals surface area contributed by atoms with E-state index in [1.165, 1.54) is 23.0 Å². The van der Waals surface area contributed by atoms with Gasteiger partial charge in [0.2, 0.25) is 11.7 Å². The molecule has 4 heterocycles. The van der Waals surface area contributed by atoms with Crippen molar-refractivity contribution in [2.75, 3.05) is 44.6 Å². The summed E-state index contributed by atoms with van der Waals surface area (Å²) in [7, 11) is 0. The maximum absolute atomic E-state index is 14.9. The molecule has 0 unspecified atom stereocenters.